The number of anilines is 1. The molecular formula is C22H20FN3O3S. The van der Waals surface area contributed by atoms with Gasteiger partial charge in [0, 0.05) is 17.0 Å². The number of aromatic nitrogens is 1. The van der Waals surface area contributed by atoms with Crippen molar-refractivity contribution in [2.75, 3.05) is 12.4 Å². The molecule has 0 aliphatic rings. The van der Waals surface area contributed by atoms with Crippen LogP contribution in [0.25, 0.3) is 17.3 Å². The lowest BCUT2D eigenvalue weighted by atomic mass is 10.2. The van der Waals surface area contributed by atoms with Gasteiger partial charge in [0.05, 0.1) is 12.8 Å². The van der Waals surface area contributed by atoms with E-state index in [0.717, 1.165) is 16.9 Å². The van der Waals surface area contributed by atoms with E-state index in [9.17, 15) is 14.0 Å². The maximum Gasteiger partial charge on any atom is 0.248 e. The Labute approximate surface area is 177 Å². The standard InChI is InChI=1S/C22H20FN3O3S/c1-14(24-20(27)12-5-15-3-10-18(29-2)11-4-15)21(28)26-22-25-19(13-30-22)16-6-8-17(23)9-7-16/h3-14H,1-2H3,(H,24,27)(H,25,26,28)/b12-5+. The van der Waals surface area contributed by atoms with Crippen molar-refractivity contribution in [2.24, 2.45) is 0 Å². The topological polar surface area (TPSA) is 80.3 Å². The average molecular weight is 425 g/mol. The molecule has 0 fully saturated rings. The number of carbonyl (C=O) groups excluding carboxylic acids is 2. The lowest BCUT2D eigenvalue weighted by Gasteiger charge is -2.11. The summed E-state index contributed by atoms with van der Waals surface area (Å²) in [5, 5.41) is 7.45. The first kappa shape index (κ1) is 21.2. The zero-order valence-electron chi connectivity index (χ0n) is 16.4. The number of methoxy groups -OCH3 is 1. The lowest BCUT2D eigenvalue weighted by molar-refractivity contribution is -0.123. The first-order valence-corrected chi connectivity index (χ1v) is 9.97. The molecule has 0 spiro atoms. The molecule has 2 amide bonds. The van der Waals surface area contributed by atoms with E-state index in [2.05, 4.69) is 15.6 Å². The Morgan fingerprint density at radius 2 is 1.83 bits per heavy atom. The van der Waals surface area contributed by atoms with Crippen LogP contribution in [0.15, 0.2) is 60.0 Å². The van der Waals surface area contributed by atoms with E-state index in [-0.39, 0.29) is 17.6 Å². The van der Waals surface area contributed by atoms with Gasteiger partial charge in [-0.3, -0.25) is 9.59 Å². The second-order valence-electron chi connectivity index (χ2n) is 6.37. The number of amides is 2. The van der Waals surface area contributed by atoms with E-state index in [1.807, 2.05) is 12.1 Å². The van der Waals surface area contributed by atoms with Gasteiger partial charge in [-0.05, 0) is 55.0 Å². The molecule has 0 radical (unpaired) electrons. The summed E-state index contributed by atoms with van der Waals surface area (Å²) in [6, 6.07) is 12.4. The highest BCUT2D eigenvalue weighted by Crippen LogP contribution is 2.25. The molecule has 30 heavy (non-hydrogen) atoms. The molecular weight excluding hydrogens is 405 g/mol. The summed E-state index contributed by atoms with van der Waals surface area (Å²) in [6.07, 6.45) is 3.01. The zero-order valence-corrected chi connectivity index (χ0v) is 17.2. The van der Waals surface area contributed by atoms with Crippen LogP contribution in [-0.2, 0) is 9.59 Å². The van der Waals surface area contributed by atoms with E-state index in [0.29, 0.717) is 10.8 Å². The number of ether oxygens (including phenoxy) is 1. The minimum Gasteiger partial charge on any atom is -0.497 e. The molecule has 8 heteroatoms. The molecule has 0 bridgehead atoms. The smallest absolute Gasteiger partial charge is 0.248 e. The van der Waals surface area contributed by atoms with Crippen LogP contribution >= 0.6 is 11.3 Å². The van der Waals surface area contributed by atoms with E-state index in [1.54, 1.807) is 49.8 Å². The first-order valence-electron chi connectivity index (χ1n) is 9.09. The number of nitrogens with one attached hydrogen (secondary N) is 2. The molecule has 0 saturated carbocycles. The Morgan fingerprint density at radius 3 is 2.50 bits per heavy atom. The van der Waals surface area contributed by atoms with Crippen molar-refractivity contribution >= 4 is 34.4 Å². The zero-order chi connectivity index (χ0) is 21.5. The fourth-order valence-corrected chi connectivity index (χ4v) is 3.23. The fourth-order valence-electron chi connectivity index (χ4n) is 2.51. The third-order valence-electron chi connectivity index (χ3n) is 4.17. The molecule has 2 aromatic carbocycles. The van der Waals surface area contributed by atoms with Gasteiger partial charge in [0.2, 0.25) is 11.8 Å². The molecule has 2 N–H and O–H groups in total. The fraction of sp³-hybridized carbons (Fsp3) is 0.136. The molecule has 6 nitrogen and oxygen atoms in total. The average Bonchev–Trinajstić information content (AvgIpc) is 3.21. The van der Waals surface area contributed by atoms with E-state index < -0.39 is 6.04 Å². The van der Waals surface area contributed by atoms with Crippen molar-refractivity contribution in [3.05, 3.63) is 71.4 Å². The SMILES string of the molecule is COc1ccc(/C=C/C(=O)NC(C)C(=O)Nc2nc(-c3ccc(F)cc3)cs2)cc1. The van der Waals surface area contributed by atoms with Crippen molar-refractivity contribution in [1.29, 1.82) is 0 Å². The van der Waals surface area contributed by atoms with Crippen LogP contribution in [0.5, 0.6) is 5.75 Å². The maximum atomic E-state index is 13.0. The van der Waals surface area contributed by atoms with Crippen molar-refractivity contribution in [2.45, 2.75) is 13.0 Å². The van der Waals surface area contributed by atoms with Crippen LogP contribution in [-0.4, -0.2) is 29.9 Å². The monoisotopic (exact) mass is 425 g/mol. The molecule has 0 aliphatic heterocycles. The van der Waals surface area contributed by atoms with E-state index in [1.165, 1.54) is 29.5 Å². The number of hydrogen-bond donors (Lipinski definition) is 2. The number of benzene rings is 2. The maximum absolute atomic E-state index is 13.0. The van der Waals surface area contributed by atoms with Gasteiger partial charge in [-0.1, -0.05) is 12.1 Å². The Hall–Kier alpha value is -3.52. The number of nitrogens with zero attached hydrogens (tertiary/aromatic N) is 1. The van der Waals surface area contributed by atoms with Gasteiger partial charge in [-0.2, -0.15) is 0 Å². The summed E-state index contributed by atoms with van der Waals surface area (Å²) >= 11 is 1.25. The quantitative estimate of drug-likeness (QED) is 0.558. The van der Waals surface area contributed by atoms with Crippen LogP contribution in [0.1, 0.15) is 12.5 Å². The molecule has 3 rings (SSSR count). The summed E-state index contributed by atoms with van der Waals surface area (Å²) in [5.41, 5.74) is 2.21. The summed E-state index contributed by atoms with van der Waals surface area (Å²) in [7, 11) is 1.58. The molecule has 1 aromatic heterocycles. The number of rotatable bonds is 7. The van der Waals surface area contributed by atoms with Crippen LogP contribution < -0.4 is 15.4 Å². The highest BCUT2D eigenvalue weighted by molar-refractivity contribution is 7.14. The predicted molar refractivity (Wildman–Crippen MR) is 116 cm³/mol. The Balaban J connectivity index is 1.53. The summed E-state index contributed by atoms with van der Waals surface area (Å²) in [6.45, 7) is 1.59. The van der Waals surface area contributed by atoms with E-state index >= 15 is 0 Å². The van der Waals surface area contributed by atoms with Gasteiger partial charge in [-0.15, -0.1) is 11.3 Å². The van der Waals surface area contributed by atoms with Crippen molar-refractivity contribution in [3.63, 3.8) is 0 Å². The Kier molecular flexibility index (Phi) is 6.92. The second-order valence-corrected chi connectivity index (χ2v) is 7.23. The van der Waals surface area contributed by atoms with Gasteiger partial charge >= 0.3 is 0 Å². The van der Waals surface area contributed by atoms with Crippen LogP contribution in [0.4, 0.5) is 9.52 Å². The van der Waals surface area contributed by atoms with Crippen LogP contribution in [0.3, 0.4) is 0 Å². The molecule has 1 heterocycles. The highest BCUT2D eigenvalue weighted by atomic mass is 32.1. The van der Waals surface area contributed by atoms with Gasteiger partial charge in [0.1, 0.15) is 17.6 Å². The lowest BCUT2D eigenvalue weighted by Crippen LogP contribution is -2.40. The molecule has 154 valence electrons. The first-order chi connectivity index (χ1) is 14.4. The van der Waals surface area contributed by atoms with Crippen molar-refractivity contribution < 1.29 is 18.7 Å². The minimum atomic E-state index is -0.754. The Morgan fingerprint density at radius 1 is 1.13 bits per heavy atom. The number of hydrogen-bond acceptors (Lipinski definition) is 5. The van der Waals surface area contributed by atoms with Gasteiger partial charge < -0.3 is 15.4 Å². The molecule has 1 unspecified atom stereocenters. The molecule has 0 saturated heterocycles. The number of carbonyl (C=O) groups is 2. The largest absolute Gasteiger partial charge is 0.497 e. The second kappa shape index (κ2) is 9.80. The van der Waals surface area contributed by atoms with E-state index in [4.69, 9.17) is 4.74 Å². The van der Waals surface area contributed by atoms with Crippen molar-refractivity contribution in [3.8, 4) is 17.0 Å². The van der Waals surface area contributed by atoms with Crippen LogP contribution in [0, 0.1) is 5.82 Å². The minimum absolute atomic E-state index is 0.326. The normalized spacial score (nSPS) is 11.8. The third-order valence-corrected chi connectivity index (χ3v) is 4.93. The summed E-state index contributed by atoms with van der Waals surface area (Å²) < 4.78 is 18.1. The summed E-state index contributed by atoms with van der Waals surface area (Å²) in [4.78, 5) is 28.7. The number of halogens is 1. The number of thiazole rings is 1. The predicted octanol–water partition coefficient (Wildman–Crippen LogP) is 4.11. The van der Waals surface area contributed by atoms with Gasteiger partial charge in [0.15, 0.2) is 5.13 Å². The summed E-state index contributed by atoms with van der Waals surface area (Å²) in [5.74, 6) is -0.374. The van der Waals surface area contributed by atoms with Crippen LogP contribution in [0.2, 0.25) is 0 Å². The highest BCUT2D eigenvalue weighted by Gasteiger charge is 2.16. The van der Waals surface area contributed by atoms with Gasteiger partial charge in [-0.25, -0.2) is 9.37 Å². The van der Waals surface area contributed by atoms with Crippen molar-refractivity contribution in [1.82, 2.24) is 10.3 Å². The third kappa shape index (κ3) is 5.74. The molecule has 0 aliphatic carbocycles. The van der Waals surface area contributed by atoms with Gasteiger partial charge in [0.25, 0.3) is 0 Å². The molecule has 3 aromatic rings. The molecule has 1 atom stereocenters. The Bertz CT molecular complexity index is 1050.